The fourth-order valence-electron chi connectivity index (χ4n) is 5.98. The molecular formula is C26H38O3. The number of carbonyl (C=O) groups is 2. The Kier molecular flexibility index (Phi) is 5.75. The summed E-state index contributed by atoms with van der Waals surface area (Å²) in [6, 6.07) is 4.11. The van der Waals surface area contributed by atoms with E-state index >= 15 is 0 Å². The molecule has 2 fully saturated rings. The van der Waals surface area contributed by atoms with Gasteiger partial charge in [0.2, 0.25) is 0 Å². The Morgan fingerprint density at radius 3 is 2.17 bits per heavy atom. The third kappa shape index (κ3) is 3.66. The second-order valence-electron chi connectivity index (χ2n) is 10.7. The molecule has 3 rings (SSSR count). The van der Waals surface area contributed by atoms with Crippen molar-refractivity contribution < 1.29 is 14.3 Å². The zero-order chi connectivity index (χ0) is 21.7. The molecule has 2 aliphatic rings. The number of rotatable bonds is 6. The van der Waals surface area contributed by atoms with Crippen LogP contribution in [0, 0.1) is 49.4 Å². The summed E-state index contributed by atoms with van der Waals surface area (Å²) in [4.78, 5) is 25.9. The molecule has 0 spiro atoms. The summed E-state index contributed by atoms with van der Waals surface area (Å²) in [5, 5.41) is 0. The number of hydrogen-bond acceptors (Lipinski definition) is 3. The van der Waals surface area contributed by atoms with Crippen molar-refractivity contribution in [3.63, 3.8) is 0 Å². The lowest BCUT2D eigenvalue weighted by Gasteiger charge is -2.39. The Labute approximate surface area is 176 Å². The molecule has 2 bridgehead atoms. The van der Waals surface area contributed by atoms with Crippen LogP contribution in [-0.2, 0) is 9.53 Å². The maximum atomic E-state index is 13.0. The average molecular weight is 399 g/mol. The topological polar surface area (TPSA) is 43.4 Å². The summed E-state index contributed by atoms with van der Waals surface area (Å²) >= 11 is 0. The molecule has 3 heteroatoms. The molecule has 0 heterocycles. The molecule has 5 atom stereocenters. The van der Waals surface area contributed by atoms with E-state index in [2.05, 4.69) is 32.9 Å². The van der Waals surface area contributed by atoms with Crippen LogP contribution in [0.25, 0.3) is 0 Å². The highest BCUT2D eigenvalue weighted by Gasteiger charge is 2.63. The monoisotopic (exact) mass is 398 g/mol. The Bertz CT molecular complexity index is 798. The molecule has 0 radical (unpaired) electrons. The molecule has 29 heavy (non-hydrogen) atoms. The lowest BCUT2D eigenvalue weighted by Crippen LogP contribution is -2.39. The summed E-state index contributed by atoms with van der Waals surface area (Å²) < 4.78 is 6.07. The van der Waals surface area contributed by atoms with Gasteiger partial charge < -0.3 is 4.74 Å². The van der Waals surface area contributed by atoms with Gasteiger partial charge in [-0.15, -0.1) is 0 Å². The average Bonchev–Trinajstić information content (AvgIpc) is 2.93. The summed E-state index contributed by atoms with van der Waals surface area (Å²) in [5.41, 5.74) is 4.32. The molecule has 3 nitrogen and oxygen atoms in total. The van der Waals surface area contributed by atoms with Crippen molar-refractivity contribution >= 4 is 11.8 Å². The highest BCUT2D eigenvalue weighted by molar-refractivity contribution is 5.99. The van der Waals surface area contributed by atoms with Gasteiger partial charge in [0, 0.05) is 17.4 Å². The predicted octanol–water partition coefficient (Wildman–Crippen LogP) is 6.21. The number of Topliss-reactive ketones (excluding diaryl/α,β-unsaturated/α-hetero) is 1. The van der Waals surface area contributed by atoms with Crippen molar-refractivity contribution in [1.82, 2.24) is 0 Å². The third-order valence-corrected chi connectivity index (χ3v) is 8.66. The van der Waals surface area contributed by atoms with Gasteiger partial charge in [-0.3, -0.25) is 9.59 Å². The molecule has 1 aromatic rings. The van der Waals surface area contributed by atoms with Gasteiger partial charge in [0.05, 0.1) is 5.92 Å². The summed E-state index contributed by atoms with van der Waals surface area (Å²) in [6.07, 6.45) is 3.74. The Balaban J connectivity index is 1.64. The fourth-order valence-corrected chi connectivity index (χ4v) is 5.98. The van der Waals surface area contributed by atoms with E-state index < -0.39 is 0 Å². The van der Waals surface area contributed by atoms with Crippen LogP contribution < -0.4 is 0 Å². The van der Waals surface area contributed by atoms with E-state index in [1.807, 2.05) is 34.6 Å². The minimum Gasteiger partial charge on any atom is -0.462 e. The van der Waals surface area contributed by atoms with Gasteiger partial charge in [0.25, 0.3) is 0 Å². The van der Waals surface area contributed by atoms with Gasteiger partial charge in [0.1, 0.15) is 6.10 Å². The van der Waals surface area contributed by atoms with Crippen LogP contribution >= 0.6 is 0 Å². The zero-order valence-corrected chi connectivity index (χ0v) is 19.5. The first-order valence-corrected chi connectivity index (χ1v) is 11.2. The third-order valence-electron chi connectivity index (χ3n) is 8.66. The van der Waals surface area contributed by atoms with Crippen LogP contribution in [0.1, 0.15) is 87.4 Å². The van der Waals surface area contributed by atoms with Gasteiger partial charge >= 0.3 is 5.97 Å². The molecule has 1 aromatic carbocycles. The van der Waals surface area contributed by atoms with Crippen LogP contribution in [0.4, 0.5) is 0 Å². The largest absolute Gasteiger partial charge is 0.462 e. The predicted molar refractivity (Wildman–Crippen MR) is 117 cm³/mol. The summed E-state index contributed by atoms with van der Waals surface area (Å²) in [7, 11) is 0. The molecule has 0 amide bonds. The first-order chi connectivity index (χ1) is 13.4. The van der Waals surface area contributed by atoms with Gasteiger partial charge in [0.15, 0.2) is 5.78 Å². The van der Waals surface area contributed by atoms with Crippen LogP contribution in [0.3, 0.4) is 0 Å². The smallest absolute Gasteiger partial charge is 0.309 e. The number of aryl methyl sites for hydroxylation is 3. The zero-order valence-electron chi connectivity index (χ0n) is 19.5. The first-order valence-electron chi connectivity index (χ1n) is 11.2. The standard InChI is InChI=1S/C26H38O3/c1-15-11-17(3)23(18(4)12-15)21(27)13-16(2)19(5)24(28)29-22-14-20-9-10-26(22,8)25(20,6)7/h11-12,16,19-20,22H,9-10,13-14H2,1-8H3. The van der Waals surface area contributed by atoms with E-state index in [0.717, 1.165) is 29.5 Å². The Morgan fingerprint density at radius 2 is 1.69 bits per heavy atom. The number of benzene rings is 1. The molecule has 0 aromatic heterocycles. The van der Waals surface area contributed by atoms with Crippen molar-refractivity contribution in [2.45, 2.75) is 87.2 Å². The molecule has 0 aliphatic heterocycles. The highest BCUT2D eigenvalue weighted by atomic mass is 16.5. The number of fused-ring (bicyclic) bond motifs is 2. The van der Waals surface area contributed by atoms with Crippen molar-refractivity contribution in [1.29, 1.82) is 0 Å². The second kappa shape index (κ2) is 7.56. The minimum absolute atomic E-state index is 0.00990. The van der Waals surface area contributed by atoms with E-state index in [-0.39, 0.29) is 40.5 Å². The van der Waals surface area contributed by atoms with Crippen LogP contribution in [0.15, 0.2) is 12.1 Å². The van der Waals surface area contributed by atoms with Crippen molar-refractivity contribution in [2.75, 3.05) is 0 Å². The quantitative estimate of drug-likeness (QED) is 0.422. The van der Waals surface area contributed by atoms with Gasteiger partial charge in [-0.05, 0) is 68.4 Å². The lowest BCUT2D eigenvalue weighted by molar-refractivity contribution is -0.162. The molecular weight excluding hydrogens is 360 g/mol. The van der Waals surface area contributed by atoms with Gasteiger partial charge in [-0.2, -0.15) is 0 Å². The van der Waals surface area contributed by atoms with Crippen LogP contribution in [0.2, 0.25) is 0 Å². The summed E-state index contributed by atoms with van der Waals surface area (Å²) in [5.74, 6) is 0.301. The Morgan fingerprint density at radius 1 is 1.10 bits per heavy atom. The highest BCUT2D eigenvalue weighted by Crippen LogP contribution is 2.66. The molecule has 160 valence electrons. The van der Waals surface area contributed by atoms with E-state index in [1.54, 1.807) is 0 Å². The molecule has 2 aliphatic carbocycles. The first kappa shape index (κ1) is 22.1. The van der Waals surface area contributed by atoms with Gasteiger partial charge in [-0.1, -0.05) is 52.3 Å². The number of ketones is 1. The molecule has 2 saturated carbocycles. The van der Waals surface area contributed by atoms with E-state index in [4.69, 9.17) is 4.74 Å². The molecule has 0 N–H and O–H groups in total. The number of esters is 1. The molecule has 5 unspecified atom stereocenters. The van der Waals surface area contributed by atoms with Gasteiger partial charge in [-0.25, -0.2) is 0 Å². The van der Waals surface area contributed by atoms with Crippen molar-refractivity contribution in [3.05, 3.63) is 34.4 Å². The van der Waals surface area contributed by atoms with E-state index in [1.165, 1.54) is 12.0 Å². The Hall–Kier alpha value is -1.64. The van der Waals surface area contributed by atoms with E-state index in [0.29, 0.717) is 12.3 Å². The van der Waals surface area contributed by atoms with Crippen LogP contribution in [0.5, 0.6) is 0 Å². The second-order valence-corrected chi connectivity index (χ2v) is 10.7. The lowest BCUT2D eigenvalue weighted by atomic mass is 9.70. The number of ether oxygens (including phenoxy) is 1. The number of carbonyl (C=O) groups excluding carboxylic acids is 2. The summed E-state index contributed by atoms with van der Waals surface area (Å²) in [6.45, 7) is 16.9. The normalized spacial score (nSPS) is 29.5. The maximum Gasteiger partial charge on any atom is 0.309 e. The fraction of sp³-hybridized carbons (Fsp3) is 0.692. The van der Waals surface area contributed by atoms with E-state index in [9.17, 15) is 9.59 Å². The molecule has 0 saturated heterocycles. The minimum atomic E-state index is -0.282. The maximum absolute atomic E-state index is 13.0. The van der Waals surface area contributed by atoms with Crippen LogP contribution in [-0.4, -0.2) is 17.9 Å². The SMILES string of the molecule is Cc1cc(C)c(C(=O)CC(C)C(C)C(=O)OC2CC3CCC2(C)C3(C)C)c(C)c1. The van der Waals surface area contributed by atoms with Crippen molar-refractivity contribution in [2.24, 2.45) is 28.6 Å². The van der Waals surface area contributed by atoms with Crippen molar-refractivity contribution in [3.8, 4) is 0 Å². The number of hydrogen-bond donors (Lipinski definition) is 0.